The zero-order valence-electron chi connectivity index (χ0n) is 6.00. The summed E-state index contributed by atoms with van der Waals surface area (Å²) in [7, 11) is 0. The van der Waals surface area contributed by atoms with Gasteiger partial charge in [0, 0.05) is 4.90 Å². The third kappa shape index (κ3) is 1.23. The Kier molecular flexibility index (Phi) is 2.00. The molecule has 0 amide bonds. The highest BCUT2D eigenvalue weighted by molar-refractivity contribution is 7.99. The van der Waals surface area contributed by atoms with E-state index in [2.05, 4.69) is 5.38 Å². The number of carbonyl (C=O) groups is 1. The summed E-state index contributed by atoms with van der Waals surface area (Å²) < 4.78 is 0. The van der Waals surface area contributed by atoms with E-state index >= 15 is 0 Å². The van der Waals surface area contributed by atoms with E-state index in [0.717, 1.165) is 17.6 Å². The Bertz CT molecular complexity index is 278. The highest BCUT2D eigenvalue weighted by Gasteiger charge is 2.14. The molecule has 0 saturated heterocycles. The molecule has 1 aliphatic heterocycles. The van der Waals surface area contributed by atoms with E-state index in [4.69, 9.17) is 0 Å². The monoisotopic (exact) mass is 184 g/mol. The smallest absolute Gasteiger partial charge is 0.161 e. The molecule has 58 valence electrons. The Morgan fingerprint density at radius 2 is 2.45 bits per heavy atom. The van der Waals surface area contributed by atoms with Crippen LogP contribution in [0.2, 0.25) is 0 Å². The van der Waals surface area contributed by atoms with E-state index < -0.39 is 0 Å². The largest absolute Gasteiger partial charge is 0.297 e. The van der Waals surface area contributed by atoms with Crippen molar-refractivity contribution in [2.24, 2.45) is 0 Å². The minimum absolute atomic E-state index is 0.921. The van der Waals surface area contributed by atoms with Gasteiger partial charge in [0.2, 0.25) is 0 Å². The summed E-state index contributed by atoms with van der Waals surface area (Å²) in [6.07, 6.45) is 3.39. The Hall–Kier alpha value is -0.280. The van der Waals surface area contributed by atoms with Crippen molar-refractivity contribution in [3.63, 3.8) is 0 Å². The maximum atomic E-state index is 10.5. The first-order chi connectivity index (χ1) is 5.42. The van der Waals surface area contributed by atoms with Crippen LogP contribution in [0.4, 0.5) is 0 Å². The fourth-order valence-electron chi connectivity index (χ4n) is 1.25. The highest BCUT2D eigenvalue weighted by Crippen LogP contribution is 2.35. The Morgan fingerprint density at radius 3 is 3.27 bits per heavy atom. The van der Waals surface area contributed by atoms with Crippen LogP contribution < -0.4 is 0 Å². The van der Waals surface area contributed by atoms with Gasteiger partial charge in [0.05, 0.1) is 4.88 Å². The lowest BCUT2D eigenvalue weighted by molar-refractivity contribution is 0.112. The molecular formula is C8H8OS2. The van der Waals surface area contributed by atoms with Crippen LogP contribution in [0.25, 0.3) is 0 Å². The number of hydrogen-bond acceptors (Lipinski definition) is 3. The second-order valence-electron chi connectivity index (χ2n) is 2.52. The van der Waals surface area contributed by atoms with Crippen molar-refractivity contribution < 1.29 is 4.79 Å². The van der Waals surface area contributed by atoms with Crippen molar-refractivity contribution in [2.75, 3.05) is 5.75 Å². The molecule has 0 saturated carbocycles. The van der Waals surface area contributed by atoms with Crippen molar-refractivity contribution in [1.82, 2.24) is 0 Å². The standard InChI is InChI=1S/C8H8OS2/c9-4-7-8-6(5-11-7)2-1-3-10-8/h4-5H,1-3H2. The molecule has 0 fully saturated rings. The number of aldehydes is 1. The van der Waals surface area contributed by atoms with Gasteiger partial charge < -0.3 is 0 Å². The van der Waals surface area contributed by atoms with Gasteiger partial charge in [-0.05, 0) is 29.5 Å². The van der Waals surface area contributed by atoms with Crippen molar-refractivity contribution >= 4 is 29.4 Å². The van der Waals surface area contributed by atoms with E-state index in [9.17, 15) is 4.79 Å². The number of hydrogen-bond donors (Lipinski definition) is 0. The summed E-state index contributed by atoms with van der Waals surface area (Å²) in [6, 6.07) is 0. The minimum atomic E-state index is 0.921. The molecule has 1 nitrogen and oxygen atoms in total. The van der Waals surface area contributed by atoms with Gasteiger partial charge in [-0.1, -0.05) is 0 Å². The van der Waals surface area contributed by atoms with Crippen molar-refractivity contribution in [3.8, 4) is 0 Å². The van der Waals surface area contributed by atoms with Gasteiger partial charge in [0.25, 0.3) is 0 Å². The lowest BCUT2D eigenvalue weighted by atomic mass is 10.2. The average Bonchev–Trinajstić information content (AvgIpc) is 2.47. The molecule has 11 heavy (non-hydrogen) atoms. The Balaban J connectivity index is 2.45. The molecule has 0 bridgehead atoms. The zero-order chi connectivity index (χ0) is 7.68. The van der Waals surface area contributed by atoms with Crippen LogP contribution in [0.5, 0.6) is 0 Å². The predicted molar refractivity (Wildman–Crippen MR) is 48.8 cm³/mol. The fourth-order valence-corrected chi connectivity index (χ4v) is 3.48. The van der Waals surface area contributed by atoms with E-state index in [1.165, 1.54) is 22.6 Å². The maximum Gasteiger partial charge on any atom is 0.161 e. The molecule has 0 N–H and O–H groups in total. The van der Waals surface area contributed by atoms with Crippen molar-refractivity contribution in [3.05, 3.63) is 15.8 Å². The normalized spacial score (nSPS) is 16.0. The van der Waals surface area contributed by atoms with Gasteiger partial charge in [-0.3, -0.25) is 4.79 Å². The number of rotatable bonds is 1. The number of thioether (sulfide) groups is 1. The third-order valence-electron chi connectivity index (χ3n) is 1.79. The quantitative estimate of drug-likeness (QED) is 0.624. The van der Waals surface area contributed by atoms with Crippen LogP contribution in [0.3, 0.4) is 0 Å². The van der Waals surface area contributed by atoms with Crippen LogP contribution in [-0.2, 0) is 6.42 Å². The third-order valence-corrected chi connectivity index (χ3v) is 4.14. The van der Waals surface area contributed by atoms with Gasteiger partial charge in [-0.2, -0.15) is 0 Å². The van der Waals surface area contributed by atoms with Gasteiger partial charge in [-0.25, -0.2) is 0 Å². The van der Waals surface area contributed by atoms with E-state index in [0.29, 0.717) is 0 Å². The minimum Gasteiger partial charge on any atom is -0.297 e. The SMILES string of the molecule is O=Cc1scc2c1SCCC2. The molecule has 1 aromatic heterocycles. The van der Waals surface area contributed by atoms with Crippen LogP contribution in [0.15, 0.2) is 10.3 Å². The molecule has 3 heteroatoms. The molecule has 0 atom stereocenters. The highest BCUT2D eigenvalue weighted by atomic mass is 32.2. The molecule has 0 aromatic carbocycles. The number of fused-ring (bicyclic) bond motifs is 1. The summed E-state index contributed by atoms with van der Waals surface area (Å²) in [5, 5.41) is 2.12. The molecule has 1 aromatic rings. The second-order valence-corrected chi connectivity index (χ2v) is 4.54. The summed E-state index contributed by atoms with van der Waals surface area (Å²) in [4.78, 5) is 12.7. The van der Waals surface area contributed by atoms with E-state index in [1.807, 2.05) is 11.8 Å². The molecule has 0 radical (unpaired) electrons. The first-order valence-corrected chi connectivity index (χ1v) is 5.46. The fraction of sp³-hybridized carbons (Fsp3) is 0.375. The zero-order valence-corrected chi connectivity index (χ0v) is 7.63. The van der Waals surface area contributed by atoms with E-state index in [1.54, 1.807) is 11.3 Å². The van der Waals surface area contributed by atoms with Crippen LogP contribution in [0, 0.1) is 0 Å². The number of aryl methyl sites for hydroxylation is 1. The van der Waals surface area contributed by atoms with Crippen LogP contribution in [0.1, 0.15) is 21.7 Å². The molecule has 2 heterocycles. The molecule has 1 aliphatic rings. The van der Waals surface area contributed by atoms with Gasteiger partial charge in [0.1, 0.15) is 0 Å². The summed E-state index contributed by atoms with van der Waals surface area (Å²) in [6.45, 7) is 0. The first-order valence-electron chi connectivity index (χ1n) is 3.60. The second kappa shape index (κ2) is 2.99. The molecule has 2 rings (SSSR count). The number of carbonyl (C=O) groups excluding carboxylic acids is 1. The topological polar surface area (TPSA) is 17.1 Å². The summed E-state index contributed by atoms with van der Waals surface area (Å²) in [5.41, 5.74) is 1.38. The Morgan fingerprint density at radius 1 is 1.55 bits per heavy atom. The molecule has 0 unspecified atom stereocenters. The predicted octanol–water partition coefficient (Wildman–Crippen LogP) is 2.60. The van der Waals surface area contributed by atoms with Crippen molar-refractivity contribution in [1.29, 1.82) is 0 Å². The average molecular weight is 184 g/mol. The number of thiophene rings is 1. The molecule has 0 spiro atoms. The first kappa shape index (κ1) is 7.37. The lowest BCUT2D eigenvalue weighted by Gasteiger charge is -2.09. The van der Waals surface area contributed by atoms with Crippen LogP contribution in [-0.4, -0.2) is 12.0 Å². The van der Waals surface area contributed by atoms with Gasteiger partial charge >= 0.3 is 0 Å². The van der Waals surface area contributed by atoms with Crippen molar-refractivity contribution in [2.45, 2.75) is 17.7 Å². The van der Waals surface area contributed by atoms with Gasteiger partial charge in [-0.15, -0.1) is 23.1 Å². The van der Waals surface area contributed by atoms with Crippen LogP contribution >= 0.6 is 23.1 Å². The van der Waals surface area contributed by atoms with E-state index in [-0.39, 0.29) is 0 Å². The Labute approximate surface area is 73.8 Å². The maximum absolute atomic E-state index is 10.5. The molecular weight excluding hydrogens is 176 g/mol. The summed E-state index contributed by atoms with van der Waals surface area (Å²) >= 11 is 3.40. The van der Waals surface area contributed by atoms with Gasteiger partial charge in [0.15, 0.2) is 6.29 Å². The lowest BCUT2D eigenvalue weighted by Crippen LogP contribution is -1.95. The summed E-state index contributed by atoms with van der Waals surface area (Å²) in [5.74, 6) is 1.17. The molecule has 0 aliphatic carbocycles.